The van der Waals surface area contributed by atoms with Gasteiger partial charge in [0.25, 0.3) is 0 Å². The first-order valence-electron chi connectivity index (χ1n) is 6.08. The van der Waals surface area contributed by atoms with E-state index in [0.717, 1.165) is 10.7 Å². The molecular weight excluding hydrogens is 356 g/mol. The van der Waals surface area contributed by atoms with Gasteiger partial charge in [-0.15, -0.1) is 0 Å². The Morgan fingerprint density at radius 1 is 1.14 bits per heavy atom. The van der Waals surface area contributed by atoms with E-state index in [2.05, 4.69) is 15.9 Å². The summed E-state index contributed by atoms with van der Waals surface area (Å²) in [5, 5.41) is 0. The lowest BCUT2D eigenvalue weighted by Gasteiger charge is -2.07. The molecule has 0 saturated heterocycles. The molecule has 0 bridgehead atoms. The number of ketones is 1. The van der Waals surface area contributed by atoms with Gasteiger partial charge in [-0.05, 0) is 30.3 Å². The molecule has 0 aliphatic rings. The lowest BCUT2D eigenvalue weighted by atomic mass is 10.1. The lowest BCUT2D eigenvalue weighted by Crippen LogP contribution is -2.11. The van der Waals surface area contributed by atoms with Crippen LogP contribution in [-0.4, -0.2) is 27.1 Å². The highest BCUT2D eigenvalue weighted by atomic mass is 79.9. The van der Waals surface area contributed by atoms with Crippen molar-refractivity contribution in [2.75, 3.05) is 12.9 Å². The van der Waals surface area contributed by atoms with E-state index in [1.54, 1.807) is 36.4 Å². The molecule has 110 valence electrons. The molecule has 0 aliphatic carbocycles. The summed E-state index contributed by atoms with van der Waals surface area (Å²) >= 11 is 3.30. The molecule has 2 aromatic carbocycles. The molecule has 0 radical (unpaired) electrons. The number of Topliss-reactive ketones (excluding diaryl/α,β-unsaturated/α-hetero) is 1. The van der Waals surface area contributed by atoms with Crippen LogP contribution in [0.15, 0.2) is 57.9 Å². The van der Waals surface area contributed by atoms with E-state index in [1.807, 2.05) is 0 Å². The first-order valence-corrected chi connectivity index (χ1v) is 8.76. The second-order valence-corrected chi connectivity index (χ2v) is 7.40. The maximum atomic E-state index is 12.0. The Hall–Kier alpha value is -1.66. The van der Waals surface area contributed by atoms with E-state index in [4.69, 9.17) is 4.74 Å². The van der Waals surface area contributed by atoms with Crippen molar-refractivity contribution in [3.63, 3.8) is 0 Å². The van der Waals surface area contributed by atoms with Crippen molar-refractivity contribution in [2.45, 2.75) is 4.90 Å². The van der Waals surface area contributed by atoms with Crippen LogP contribution in [0.5, 0.6) is 5.75 Å². The summed E-state index contributed by atoms with van der Waals surface area (Å²) in [6.45, 7) is -0.144. The molecule has 2 aromatic rings. The number of hydrogen-bond acceptors (Lipinski definition) is 4. The molecule has 0 fully saturated rings. The molecule has 0 heterocycles. The third-order valence-corrected chi connectivity index (χ3v) is 4.41. The molecule has 2 rings (SSSR count). The number of ether oxygens (including phenoxy) is 1. The molecule has 0 aliphatic heterocycles. The van der Waals surface area contributed by atoms with Crippen molar-refractivity contribution in [1.29, 1.82) is 0 Å². The van der Waals surface area contributed by atoms with E-state index in [1.165, 1.54) is 12.1 Å². The summed E-state index contributed by atoms with van der Waals surface area (Å²) in [5.74, 6) is 0.177. The normalized spacial score (nSPS) is 11.1. The van der Waals surface area contributed by atoms with Gasteiger partial charge in [0.05, 0.1) is 4.90 Å². The summed E-state index contributed by atoms with van der Waals surface area (Å²) < 4.78 is 29.2. The number of sulfone groups is 1. The fourth-order valence-electron chi connectivity index (χ4n) is 1.66. The van der Waals surface area contributed by atoms with Crippen molar-refractivity contribution in [3.8, 4) is 5.75 Å². The van der Waals surface area contributed by atoms with Gasteiger partial charge in [-0.2, -0.15) is 0 Å². The van der Waals surface area contributed by atoms with Gasteiger partial charge >= 0.3 is 0 Å². The average molecular weight is 369 g/mol. The number of carbonyl (C=O) groups excluding carboxylic acids is 1. The van der Waals surface area contributed by atoms with Crippen molar-refractivity contribution >= 4 is 31.6 Å². The molecule has 0 N–H and O–H groups in total. The van der Waals surface area contributed by atoms with Crippen LogP contribution in [0.1, 0.15) is 10.4 Å². The van der Waals surface area contributed by atoms with Crippen LogP contribution >= 0.6 is 15.9 Å². The van der Waals surface area contributed by atoms with Gasteiger partial charge in [0.1, 0.15) is 5.75 Å². The quantitative estimate of drug-likeness (QED) is 0.760. The standard InChI is InChI=1S/C15H13BrO4S/c1-21(18,19)14-4-2-3-13(9-14)20-10-15(17)11-5-7-12(16)8-6-11/h2-9H,10H2,1H3. The summed E-state index contributed by atoms with van der Waals surface area (Å²) in [4.78, 5) is 12.1. The van der Waals surface area contributed by atoms with Crippen LogP contribution in [0.4, 0.5) is 0 Å². The van der Waals surface area contributed by atoms with Crippen molar-refractivity contribution in [1.82, 2.24) is 0 Å². The lowest BCUT2D eigenvalue weighted by molar-refractivity contribution is 0.0921. The number of hydrogen-bond donors (Lipinski definition) is 0. The van der Waals surface area contributed by atoms with Crippen LogP contribution in [0.3, 0.4) is 0 Å². The molecule has 0 saturated carbocycles. The van der Waals surface area contributed by atoms with E-state index in [0.29, 0.717) is 11.3 Å². The Morgan fingerprint density at radius 2 is 1.81 bits per heavy atom. The minimum absolute atomic E-state index is 0.144. The largest absolute Gasteiger partial charge is 0.485 e. The Labute approximate surface area is 131 Å². The summed E-state index contributed by atoms with van der Waals surface area (Å²) in [6, 6.07) is 13.0. The Kier molecular flexibility index (Phi) is 4.80. The summed E-state index contributed by atoms with van der Waals surface area (Å²) in [5.41, 5.74) is 0.539. The zero-order valence-electron chi connectivity index (χ0n) is 11.2. The van der Waals surface area contributed by atoms with Crippen LogP contribution in [0.25, 0.3) is 0 Å². The zero-order chi connectivity index (χ0) is 15.5. The maximum Gasteiger partial charge on any atom is 0.200 e. The predicted molar refractivity (Wildman–Crippen MR) is 83.5 cm³/mol. The van der Waals surface area contributed by atoms with Crippen molar-refractivity contribution in [3.05, 3.63) is 58.6 Å². The third-order valence-electron chi connectivity index (χ3n) is 2.77. The fourth-order valence-corrected chi connectivity index (χ4v) is 2.58. The molecule has 0 atom stereocenters. The van der Waals surface area contributed by atoms with Crippen molar-refractivity contribution in [2.24, 2.45) is 0 Å². The van der Waals surface area contributed by atoms with Crippen LogP contribution < -0.4 is 4.74 Å². The first-order chi connectivity index (χ1) is 9.86. The molecule has 6 heteroatoms. The summed E-state index contributed by atoms with van der Waals surface area (Å²) in [6.07, 6.45) is 1.12. The number of halogens is 1. The number of carbonyl (C=O) groups is 1. The monoisotopic (exact) mass is 368 g/mol. The smallest absolute Gasteiger partial charge is 0.200 e. The van der Waals surface area contributed by atoms with Crippen LogP contribution in [0, 0.1) is 0 Å². The van der Waals surface area contributed by atoms with E-state index < -0.39 is 9.84 Å². The topological polar surface area (TPSA) is 60.4 Å². The van der Waals surface area contributed by atoms with Crippen LogP contribution in [-0.2, 0) is 9.84 Å². The predicted octanol–water partition coefficient (Wildman–Crippen LogP) is 3.11. The summed E-state index contributed by atoms with van der Waals surface area (Å²) in [7, 11) is -3.29. The van der Waals surface area contributed by atoms with E-state index in [-0.39, 0.29) is 17.3 Å². The zero-order valence-corrected chi connectivity index (χ0v) is 13.6. The number of benzene rings is 2. The molecule has 21 heavy (non-hydrogen) atoms. The highest BCUT2D eigenvalue weighted by Gasteiger charge is 2.10. The first kappa shape index (κ1) is 15.7. The Bertz CT molecular complexity index is 751. The van der Waals surface area contributed by atoms with Crippen LogP contribution in [0.2, 0.25) is 0 Å². The highest BCUT2D eigenvalue weighted by Crippen LogP contribution is 2.18. The highest BCUT2D eigenvalue weighted by molar-refractivity contribution is 9.10. The van der Waals surface area contributed by atoms with E-state index in [9.17, 15) is 13.2 Å². The third kappa shape index (κ3) is 4.41. The molecule has 4 nitrogen and oxygen atoms in total. The minimum atomic E-state index is -3.29. The maximum absolute atomic E-state index is 12.0. The van der Waals surface area contributed by atoms with Gasteiger partial charge < -0.3 is 4.74 Å². The minimum Gasteiger partial charge on any atom is -0.485 e. The molecule has 0 spiro atoms. The van der Waals surface area contributed by atoms with Gasteiger partial charge in [-0.3, -0.25) is 4.79 Å². The van der Waals surface area contributed by atoms with Gasteiger partial charge in [-0.1, -0.05) is 34.1 Å². The fraction of sp³-hybridized carbons (Fsp3) is 0.133. The van der Waals surface area contributed by atoms with Crippen molar-refractivity contribution < 1.29 is 17.9 Å². The molecule has 0 unspecified atom stereocenters. The second kappa shape index (κ2) is 6.41. The van der Waals surface area contributed by atoms with E-state index >= 15 is 0 Å². The van der Waals surface area contributed by atoms with Gasteiger partial charge in [0.15, 0.2) is 22.2 Å². The molecule has 0 aromatic heterocycles. The van der Waals surface area contributed by atoms with Gasteiger partial charge in [-0.25, -0.2) is 8.42 Å². The van der Waals surface area contributed by atoms with Gasteiger partial charge in [0, 0.05) is 16.3 Å². The SMILES string of the molecule is CS(=O)(=O)c1cccc(OCC(=O)c2ccc(Br)cc2)c1. The molecular formula is C15H13BrO4S. The average Bonchev–Trinajstić information content (AvgIpc) is 2.45. The van der Waals surface area contributed by atoms with Gasteiger partial charge in [0.2, 0.25) is 0 Å². The number of rotatable bonds is 5. The molecule has 0 amide bonds. The Balaban J connectivity index is 2.06. The second-order valence-electron chi connectivity index (χ2n) is 4.47. The Morgan fingerprint density at radius 3 is 2.43 bits per heavy atom.